The molecule has 0 spiro atoms. The molecule has 1 aromatic carbocycles. The van der Waals surface area contributed by atoms with Crippen molar-refractivity contribution in [1.82, 2.24) is 4.98 Å². The van der Waals surface area contributed by atoms with Gasteiger partial charge >= 0.3 is 0 Å². The molecule has 4 bridgehead atoms. The minimum absolute atomic E-state index is 0.154. The van der Waals surface area contributed by atoms with E-state index in [9.17, 15) is 9.59 Å². The number of aromatic nitrogens is 1. The van der Waals surface area contributed by atoms with Crippen LogP contribution in [0.25, 0.3) is 10.9 Å². The Morgan fingerprint density at radius 2 is 1.81 bits per heavy atom. The second-order valence-corrected chi connectivity index (χ2v) is 9.00. The van der Waals surface area contributed by atoms with Gasteiger partial charge in [-0.15, -0.1) is 0 Å². The monoisotopic (exact) mass is 366 g/mol. The van der Waals surface area contributed by atoms with Crippen LogP contribution in [-0.4, -0.2) is 18.0 Å². The van der Waals surface area contributed by atoms with Crippen LogP contribution < -0.4 is 10.9 Å². The highest BCUT2D eigenvalue weighted by Gasteiger charge is 2.54. The molecule has 4 aliphatic carbocycles. The van der Waals surface area contributed by atoms with Gasteiger partial charge in [0.05, 0.1) is 17.5 Å². The number of methoxy groups -OCH3 is 1. The molecule has 0 aliphatic heterocycles. The molecule has 4 aliphatic rings. The number of aromatic amines is 1. The van der Waals surface area contributed by atoms with Crippen LogP contribution in [0.3, 0.4) is 0 Å². The zero-order valence-electron chi connectivity index (χ0n) is 15.7. The molecule has 0 atom stereocenters. The van der Waals surface area contributed by atoms with Gasteiger partial charge in [0, 0.05) is 24.2 Å². The standard InChI is InChI=1S/C22H26N2O3/c1-27-12-16-7-20(25)24-19-8-17(2-3-18(16)19)23-21(26)22-9-13-4-14(10-22)6-15(5-13)11-22/h2-3,7-8,13-15H,4-6,9-12H2,1H3,(H,23,26)(H,24,25). The van der Waals surface area contributed by atoms with Crippen molar-refractivity contribution in [2.45, 2.75) is 45.1 Å². The molecule has 4 saturated carbocycles. The summed E-state index contributed by atoms with van der Waals surface area (Å²) >= 11 is 0. The summed E-state index contributed by atoms with van der Waals surface area (Å²) in [5.41, 5.74) is 2.02. The average molecular weight is 366 g/mol. The van der Waals surface area contributed by atoms with Gasteiger partial charge in [0.25, 0.3) is 0 Å². The van der Waals surface area contributed by atoms with Gasteiger partial charge in [0.15, 0.2) is 0 Å². The van der Waals surface area contributed by atoms with Crippen LogP contribution in [0, 0.1) is 23.2 Å². The van der Waals surface area contributed by atoms with E-state index in [0.717, 1.165) is 59.2 Å². The molecule has 2 N–H and O–H groups in total. The Kier molecular flexibility index (Phi) is 3.90. The van der Waals surface area contributed by atoms with E-state index < -0.39 is 0 Å². The summed E-state index contributed by atoms with van der Waals surface area (Å²) in [6, 6.07) is 7.32. The summed E-state index contributed by atoms with van der Waals surface area (Å²) in [6.07, 6.45) is 7.12. The molecule has 4 fully saturated rings. The Hall–Kier alpha value is -2.14. The predicted molar refractivity (Wildman–Crippen MR) is 105 cm³/mol. The Balaban J connectivity index is 1.43. The number of pyridine rings is 1. The number of anilines is 1. The molecule has 2 aromatic rings. The minimum Gasteiger partial charge on any atom is -0.380 e. The van der Waals surface area contributed by atoms with E-state index in [1.54, 1.807) is 13.2 Å². The zero-order valence-corrected chi connectivity index (χ0v) is 15.7. The fourth-order valence-electron chi connectivity index (χ4n) is 6.34. The van der Waals surface area contributed by atoms with Crippen molar-refractivity contribution in [3.05, 3.63) is 40.2 Å². The average Bonchev–Trinajstić information content (AvgIpc) is 2.60. The number of fused-ring (bicyclic) bond motifs is 1. The molecular weight excluding hydrogens is 340 g/mol. The maximum absolute atomic E-state index is 13.2. The highest BCUT2D eigenvalue weighted by Crippen LogP contribution is 2.60. The number of benzene rings is 1. The third-order valence-corrected chi connectivity index (χ3v) is 7.01. The van der Waals surface area contributed by atoms with Gasteiger partial charge < -0.3 is 15.0 Å². The van der Waals surface area contributed by atoms with Crippen LogP contribution in [0.15, 0.2) is 29.1 Å². The molecule has 142 valence electrons. The number of hydrogen-bond acceptors (Lipinski definition) is 3. The van der Waals surface area contributed by atoms with Crippen molar-refractivity contribution in [2.24, 2.45) is 23.2 Å². The summed E-state index contributed by atoms with van der Waals surface area (Å²) in [6.45, 7) is 0.388. The Labute approximate surface area is 158 Å². The van der Waals surface area contributed by atoms with E-state index in [0.29, 0.717) is 6.61 Å². The lowest BCUT2D eigenvalue weighted by Gasteiger charge is -2.55. The van der Waals surface area contributed by atoms with Crippen LogP contribution in [0.4, 0.5) is 5.69 Å². The van der Waals surface area contributed by atoms with E-state index in [-0.39, 0.29) is 16.9 Å². The van der Waals surface area contributed by atoms with Gasteiger partial charge in [-0.25, -0.2) is 0 Å². The summed E-state index contributed by atoms with van der Waals surface area (Å²) in [4.78, 5) is 28.1. The molecule has 6 rings (SSSR count). The third kappa shape index (κ3) is 2.89. The highest BCUT2D eigenvalue weighted by molar-refractivity contribution is 5.97. The molecule has 0 unspecified atom stereocenters. The molecule has 1 heterocycles. The number of carbonyl (C=O) groups is 1. The minimum atomic E-state index is -0.172. The number of hydrogen-bond donors (Lipinski definition) is 2. The van der Waals surface area contributed by atoms with Crippen LogP contribution in [0.5, 0.6) is 0 Å². The summed E-state index contributed by atoms with van der Waals surface area (Å²) < 4.78 is 5.20. The normalized spacial score (nSPS) is 31.4. The van der Waals surface area contributed by atoms with E-state index in [1.807, 2.05) is 18.2 Å². The first kappa shape index (κ1) is 17.0. The van der Waals surface area contributed by atoms with Crippen molar-refractivity contribution >= 4 is 22.5 Å². The number of rotatable bonds is 4. The van der Waals surface area contributed by atoms with Gasteiger partial charge in [-0.2, -0.15) is 0 Å². The first-order chi connectivity index (χ1) is 13.0. The van der Waals surface area contributed by atoms with Crippen molar-refractivity contribution in [3.8, 4) is 0 Å². The lowest BCUT2D eigenvalue weighted by molar-refractivity contribution is -0.140. The largest absolute Gasteiger partial charge is 0.380 e. The Bertz CT molecular complexity index is 926. The molecule has 5 heteroatoms. The molecule has 0 radical (unpaired) electrons. The van der Waals surface area contributed by atoms with E-state index in [2.05, 4.69) is 10.3 Å². The molecule has 27 heavy (non-hydrogen) atoms. The first-order valence-electron chi connectivity index (χ1n) is 10.0. The molecule has 5 nitrogen and oxygen atoms in total. The van der Waals surface area contributed by atoms with Gasteiger partial charge in [0.1, 0.15) is 0 Å². The van der Waals surface area contributed by atoms with Gasteiger partial charge in [-0.1, -0.05) is 6.07 Å². The first-order valence-corrected chi connectivity index (χ1v) is 10.0. The van der Waals surface area contributed by atoms with E-state index in [4.69, 9.17) is 4.74 Å². The van der Waals surface area contributed by atoms with Crippen molar-refractivity contribution in [3.63, 3.8) is 0 Å². The van der Waals surface area contributed by atoms with E-state index >= 15 is 0 Å². The molecule has 1 aromatic heterocycles. The summed E-state index contributed by atoms with van der Waals surface area (Å²) in [5.74, 6) is 2.40. The lowest BCUT2D eigenvalue weighted by Crippen LogP contribution is -2.51. The van der Waals surface area contributed by atoms with Gasteiger partial charge in [-0.3, -0.25) is 9.59 Å². The Morgan fingerprint density at radius 1 is 1.15 bits per heavy atom. The van der Waals surface area contributed by atoms with Crippen molar-refractivity contribution < 1.29 is 9.53 Å². The number of H-pyrrole nitrogens is 1. The molecule has 0 saturated heterocycles. The zero-order chi connectivity index (χ0) is 18.6. The van der Waals surface area contributed by atoms with E-state index in [1.165, 1.54) is 19.3 Å². The molecular formula is C22H26N2O3. The fourth-order valence-corrected chi connectivity index (χ4v) is 6.34. The predicted octanol–water partition coefficient (Wildman–Crippen LogP) is 3.83. The second-order valence-electron chi connectivity index (χ2n) is 9.00. The maximum atomic E-state index is 13.2. The van der Waals surface area contributed by atoms with Crippen LogP contribution in [0.1, 0.15) is 44.1 Å². The van der Waals surface area contributed by atoms with Crippen molar-refractivity contribution in [2.75, 3.05) is 12.4 Å². The third-order valence-electron chi connectivity index (χ3n) is 7.01. The smallest absolute Gasteiger partial charge is 0.248 e. The Morgan fingerprint density at radius 3 is 2.44 bits per heavy atom. The fraction of sp³-hybridized carbons (Fsp3) is 0.545. The lowest BCUT2D eigenvalue weighted by atomic mass is 9.49. The topological polar surface area (TPSA) is 71.2 Å². The number of nitrogens with one attached hydrogen (secondary N) is 2. The van der Waals surface area contributed by atoms with Gasteiger partial charge in [0.2, 0.25) is 11.5 Å². The molecule has 1 amide bonds. The van der Waals surface area contributed by atoms with Gasteiger partial charge in [-0.05, 0) is 74.0 Å². The number of carbonyl (C=O) groups excluding carboxylic acids is 1. The quantitative estimate of drug-likeness (QED) is 0.864. The van der Waals surface area contributed by atoms with Crippen LogP contribution >= 0.6 is 0 Å². The summed E-state index contributed by atoms with van der Waals surface area (Å²) in [7, 11) is 1.62. The second kappa shape index (κ2) is 6.20. The number of ether oxygens (including phenoxy) is 1. The van der Waals surface area contributed by atoms with Crippen LogP contribution in [-0.2, 0) is 16.1 Å². The maximum Gasteiger partial charge on any atom is 0.248 e. The SMILES string of the molecule is COCc1cc(=O)[nH]c2cc(NC(=O)C34CC5CC(CC(C5)C3)C4)ccc12. The number of amides is 1. The highest BCUT2D eigenvalue weighted by atomic mass is 16.5. The van der Waals surface area contributed by atoms with Crippen molar-refractivity contribution in [1.29, 1.82) is 0 Å². The summed E-state index contributed by atoms with van der Waals surface area (Å²) in [5, 5.41) is 4.12. The van der Waals surface area contributed by atoms with Crippen LogP contribution in [0.2, 0.25) is 0 Å².